The quantitative estimate of drug-likeness (QED) is 0.832. The van der Waals surface area contributed by atoms with Crippen molar-refractivity contribution in [1.82, 2.24) is 10.0 Å². The maximum Gasteiger partial charge on any atom is 0.240 e. The molecule has 4 nitrogen and oxygen atoms in total. The largest absolute Gasteiger partial charge is 0.308 e. The van der Waals surface area contributed by atoms with Crippen LogP contribution in [-0.2, 0) is 16.6 Å². The second-order valence-electron chi connectivity index (χ2n) is 6.80. The first-order valence-corrected chi connectivity index (χ1v) is 10.4. The van der Waals surface area contributed by atoms with E-state index < -0.39 is 10.0 Å². The van der Waals surface area contributed by atoms with E-state index in [1.165, 1.54) is 5.56 Å². The Kier molecular flexibility index (Phi) is 5.89. The van der Waals surface area contributed by atoms with Gasteiger partial charge in [0.15, 0.2) is 0 Å². The fraction of sp³-hybridized carbons (Fsp3) is 0.400. The Bertz CT molecular complexity index is 773. The molecule has 5 heteroatoms. The molecule has 134 valence electrons. The second-order valence-corrected chi connectivity index (χ2v) is 8.51. The van der Waals surface area contributed by atoms with Crippen LogP contribution in [0.3, 0.4) is 0 Å². The Morgan fingerprint density at radius 3 is 2.24 bits per heavy atom. The van der Waals surface area contributed by atoms with Crippen LogP contribution in [-0.4, -0.2) is 20.5 Å². The summed E-state index contributed by atoms with van der Waals surface area (Å²) in [5.74, 6) is 0. The Morgan fingerprint density at radius 2 is 1.56 bits per heavy atom. The van der Waals surface area contributed by atoms with Gasteiger partial charge in [-0.1, -0.05) is 60.9 Å². The predicted octanol–water partition coefficient (Wildman–Crippen LogP) is 3.37. The lowest BCUT2D eigenvalue weighted by Crippen LogP contribution is -2.51. The van der Waals surface area contributed by atoms with E-state index in [0.29, 0.717) is 4.90 Å². The van der Waals surface area contributed by atoms with Gasteiger partial charge >= 0.3 is 0 Å². The molecule has 0 saturated heterocycles. The summed E-state index contributed by atoms with van der Waals surface area (Å²) in [6.07, 6.45) is 4.06. The molecular formula is C20H26N2O2S. The standard InChI is InChI=1S/C20H26N2O2S/c1-16-11-13-18(14-12-16)25(23,24)22-20-10-6-5-9-19(20)21-15-17-7-3-2-4-8-17/h2-4,7-8,11-14,19-22H,5-6,9-10,15H2,1H3/t19-,20-/m1/s1. The maximum absolute atomic E-state index is 12.7. The van der Waals surface area contributed by atoms with Crippen LogP contribution < -0.4 is 10.0 Å². The van der Waals surface area contributed by atoms with Crippen molar-refractivity contribution in [3.8, 4) is 0 Å². The van der Waals surface area contributed by atoms with Crippen molar-refractivity contribution < 1.29 is 8.42 Å². The zero-order valence-corrected chi connectivity index (χ0v) is 15.4. The van der Waals surface area contributed by atoms with Crippen molar-refractivity contribution in [3.05, 3.63) is 65.7 Å². The molecule has 0 heterocycles. The SMILES string of the molecule is Cc1ccc(S(=O)(=O)N[C@@H]2CCCC[C@H]2NCc2ccccc2)cc1. The zero-order valence-electron chi connectivity index (χ0n) is 14.6. The zero-order chi connectivity index (χ0) is 17.7. The summed E-state index contributed by atoms with van der Waals surface area (Å²) >= 11 is 0. The summed E-state index contributed by atoms with van der Waals surface area (Å²) in [5.41, 5.74) is 2.27. The third-order valence-electron chi connectivity index (χ3n) is 4.81. The van der Waals surface area contributed by atoms with Crippen molar-refractivity contribution in [2.75, 3.05) is 0 Å². The van der Waals surface area contributed by atoms with Gasteiger partial charge in [0.25, 0.3) is 0 Å². The smallest absolute Gasteiger partial charge is 0.240 e. The number of nitrogens with one attached hydrogen (secondary N) is 2. The van der Waals surface area contributed by atoms with Gasteiger partial charge in [-0.3, -0.25) is 0 Å². The monoisotopic (exact) mass is 358 g/mol. The second kappa shape index (κ2) is 8.13. The fourth-order valence-corrected chi connectivity index (χ4v) is 4.66. The van der Waals surface area contributed by atoms with Gasteiger partial charge in [-0.2, -0.15) is 0 Å². The highest BCUT2D eigenvalue weighted by atomic mass is 32.2. The van der Waals surface area contributed by atoms with Crippen molar-refractivity contribution in [2.24, 2.45) is 0 Å². The van der Waals surface area contributed by atoms with E-state index in [4.69, 9.17) is 0 Å². The van der Waals surface area contributed by atoms with E-state index in [0.717, 1.165) is 37.8 Å². The first-order chi connectivity index (χ1) is 12.0. The van der Waals surface area contributed by atoms with E-state index in [1.54, 1.807) is 12.1 Å². The molecule has 0 amide bonds. The molecule has 1 saturated carbocycles. The molecule has 3 rings (SSSR count). The van der Waals surface area contributed by atoms with Crippen LogP contribution >= 0.6 is 0 Å². The Balaban J connectivity index is 1.67. The number of aryl methyl sites for hydroxylation is 1. The van der Waals surface area contributed by atoms with E-state index in [2.05, 4.69) is 22.2 Å². The third kappa shape index (κ3) is 4.91. The van der Waals surface area contributed by atoms with Crippen LogP contribution in [0.25, 0.3) is 0 Å². The number of benzene rings is 2. The Morgan fingerprint density at radius 1 is 0.920 bits per heavy atom. The van der Waals surface area contributed by atoms with Crippen molar-refractivity contribution in [2.45, 2.75) is 56.1 Å². The van der Waals surface area contributed by atoms with Crippen LogP contribution in [0.1, 0.15) is 36.8 Å². The number of hydrogen-bond donors (Lipinski definition) is 2. The third-order valence-corrected chi connectivity index (χ3v) is 6.32. The minimum absolute atomic E-state index is 0.0660. The molecule has 0 spiro atoms. The highest BCUT2D eigenvalue weighted by Crippen LogP contribution is 2.21. The van der Waals surface area contributed by atoms with Crippen LogP contribution in [0, 0.1) is 6.92 Å². The summed E-state index contributed by atoms with van der Waals surface area (Å²) in [4.78, 5) is 0.338. The minimum atomic E-state index is -3.48. The summed E-state index contributed by atoms with van der Waals surface area (Å²) in [7, 11) is -3.48. The molecule has 2 N–H and O–H groups in total. The average molecular weight is 359 g/mol. The molecule has 1 fully saturated rings. The summed E-state index contributed by atoms with van der Waals surface area (Å²) in [6.45, 7) is 2.71. The molecule has 2 aromatic carbocycles. The predicted molar refractivity (Wildman–Crippen MR) is 101 cm³/mol. The maximum atomic E-state index is 12.7. The molecule has 2 aromatic rings. The first kappa shape index (κ1) is 18.1. The molecule has 2 atom stereocenters. The van der Waals surface area contributed by atoms with Gasteiger partial charge in [-0.25, -0.2) is 13.1 Å². The summed E-state index contributed by atoms with van der Waals surface area (Å²) in [5, 5.41) is 3.54. The Hall–Kier alpha value is -1.69. The lowest BCUT2D eigenvalue weighted by atomic mass is 9.91. The number of hydrogen-bond acceptors (Lipinski definition) is 3. The van der Waals surface area contributed by atoms with Gasteiger partial charge in [0.1, 0.15) is 0 Å². The molecule has 0 aliphatic heterocycles. The highest BCUT2D eigenvalue weighted by Gasteiger charge is 2.29. The molecule has 0 radical (unpaired) electrons. The van der Waals surface area contributed by atoms with Crippen molar-refractivity contribution in [3.63, 3.8) is 0 Å². The molecule has 0 bridgehead atoms. The topological polar surface area (TPSA) is 58.2 Å². The van der Waals surface area contributed by atoms with E-state index >= 15 is 0 Å². The van der Waals surface area contributed by atoms with Gasteiger partial charge in [0.2, 0.25) is 10.0 Å². The molecule has 1 aliphatic carbocycles. The lowest BCUT2D eigenvalue weighted by molar-refractivity contribution is 0.309. The van der Waals surface area contributed by atoms with E-state index in [1.807, 2.05) is 37.3 Å². The summed E-state index contributed by atoms with van der Waals surface area (Å²) in [6, 6.07) is 17.3. The number of sulfonamides is 1. The van der Waals surface area contributed by atoms with Crippen molar-refractivity contribution >= 4 is 10.0 Å². The Labute approximate surface area is 150 Å². The highest BCUT2D eigenvalue weighted by molar-refractivity contribution is 7.89. The van der Waals surface area contributed by atoms with Gasteiger partial charge in [0, 0.05) is 18.6 Å². The van der Waals surface area contributed by atoms with Gasteiger partial charge in [0.05, 0.1) is 4.90 Å². The summed E-state index contributed by atoms with van der Waals surface area (Å²) < 4.78 is 28.3. The number of rotatable bonds is 6. The average Bonchev–Trinajstić information content (AvgIpc) is 2.62. The van der Waals surface area contributed by atoms with Crippen LogP contribution in [0.2, 0.25) is 0 Å². The lowest BCUT2D eigenvalue weighted by Gasteiger charge is -2.32. The first-order valence-electron chi connectivity index (χ1n) is 8.91. The van der Waals surface area contributed by atoms with Gasteiger partial charge in [-0.15, -0.1) is 0 Å². The molecule has 1 aliphatic rings. The molecule has 0 aromatic heterocycles. The van der Waals surface area contributed by atoms with Crippen LogP contribution in [0.4, 0.5) is 0 Å². The normalized spacial score (nSPS) is 21.2. The minimum Gasteiger partial charge on any atom is -0.308 e. The molecule has 25 heavy (non-hydrogen) atoms. The van der Waals surface area contributed by atoms with Crippen LogP contribution in [0.15, 0.2) is 59.5 Å². The van der Waals surface area contributed by atoms with E-state index in [9.17, 15) is 8.42 Å². The van der Waals surface area contributed by atoms with Gasteiger partial charge < -0.3 is 5.32 Å². The van der Waals surface area contributed by atoms with E-state index in [-0.39, 0.29) is 12.1 Å². The molecule has 0 unspecified atom stereocenters. The molecular weight excluding hydrogens is 332 g/mol. The van der Waals surface area contributed by atoms with Gasteiger partial charge in [-0.05, 0) is 37.5 Å². The van der Waals surface area contributed by atoms with Crippen LogP contribution in [0.5, 0.6) is 0 Å². The van der Waals surface area contributed by atoms with Crippen molar-refractivity contribution in [1.29, 1.82) is 0 Å². The fourth-order valence-electron chi connectivity index (χ4n) is 3.35.